The van der Waals surface area contributed by atoms with Gasteiger partial charge in [0.2, 0.25) is 0 Å². The summed E-state index contributed by atoms with van der Waals surface area (Å²) in [5.41, 5.74) is 1.20. The van der Waals surface area contributed by atoms with Crippen molar-refractivity contribution >= 4 is 22.6 Å². The van der Waals surface area contributed by atoms with Gasteiger partial charge in [0.15, 0.2) is 0 Å². The highest BCUT2D eigenvalue weighted by Crippen LogP contribution is 2.10. The summed E-state index contributed by atoms with van der Waals surface area (Å²) in [5.74, 6) is 0. The first-order valence-electron chi connectivity index (χ1n) is 2.95. The lowest BCUT2D eigenvalue weighted by Crippen LogP contribution is -2.09. The average molecular weight is 237 g/mol. The molecule has 0 aromatic carbocycles. The summed E-state index contributed by atoms with van der Waals surface area (Å²) in [7, 11) is 0. The number of nitrogens with one attached hydrogen (secondary N) is 1. The van der Waals surface area contributed by atoms with Gasteiger partial charge in [0.1, 0.15) is 0 Å². The second-order valence-corrected chi connectivity index (χ2v) is 2.87. The van der Waals surface area contributed by atoms with Crippen LogP contribution in [-0.2, 0) is 0 Å². The summed E-state index contributed by atoms with van der Waals surface area (Å²) in [6.45, 7) is 8.77. The fraction of sp³-hybridized carbons (Fsp3) is 0.429. The number of rotatable bonds is 3. The van der Waals surface area contributed by atoms with E-state index in [9.17, 15) is 0 Å². The van der Waals surface area contributed by atoms with Gasteiger partial charge in [-0.1, -0.05) is 12.7 Å². The van der Waals surface area contributed by atoms with Crippen LogP contribution < -0.4 is 5.32 Å². The van der Waals surface area contributed by atoms with Gasteiger partial charge in [0.05, 0.1) is 0 Å². The molecule has 0 radical (unpaired) electrons. The molecule has 2 heteroatoms. The molecule has 0 saturated carbocycles. The summed E-state index contributed by atoms with van der Waals surface area (Å²) in [5, 5.41) is 3.20. The molecule has 0 amide bonds. The van der Waals surface area contributed by atoms with E-state index in [0.717, 1.165) is 6.54 Å². The van der Waals surface area contributed by atoms with Crippen molar-refractivity contribution in [3.8, 4) is 0 Å². The van der Waals surface area contributed by atoms with Crippen molar-refractivity contribution < 1.29 is 0 Å². The molecule has 9 heavy (non-hydrogen) atoms. The molecule has 0 bridgehead atoms. The van der Waals surface area contributed by atoms with Crippen molar-refractivity contribution in [2.24, 2.45) is 0 Å². The second kappa shape index (κ2) is 4.85. The first-order chi connectivity index (χ1) is 4.22. The standard InChI is InChI=1S/C7H12IN/c1-4-7(8)6(3)9-5-2/h4,9H,1,5H2,2-3H3/b7-6-. The van der Waals surface area contributed by atoms with E-state index in [4.69, 9.17) is 0 Å². The van der Waals surface area contributed by atoms with Crippen LogP contribution in [0, 0.1) is 0 Å². The molecule has 0 aromatic rings. The lowest BCUT2D eigenvalue weighted by molar-refractivity contribution is 0.853. The Hall–Kier alpha value is 0.01000. The zero-order chi connectivity index (χ0) is 7.28. The van der Waals surface area contributed by atoms with Crippen LogP contribution in [0.4, 0.5) is 0 Å². The number of allylic oxidation sites excluding steroid dienone is 3. The van der Waals surface area contributed by atoms with Crippen molar-refractivity contribution in [1.82, 2.24) is 5.32 Å². The highest BCUT2D eigenvalue weighted by Gasteiger charge is 1.89. The van der Waals surface area contributed by atoms with Crippen molar-refractivity contribution in [3.05, 3.63) is 21.9 Å². The Morgan fingerprint density at radius 3 is 2.67 bits per heavy atom. The Kier molecular flexibility index (Phi) is 4.85. The van der Waals surface area contributed by atoms with Gasteiger partial charge in [-0.3, -0.25) is 0 Å². The van der Waals surface area contributed by atoms with Crippen LogP contribution in [0.3, 0.4) is 0 Å². The fourth-order valence-electron chi connectivity index (χ4n) is 0.503. The normalized spacial score (nSPS) is 12.3. The molecule has 0 unspecified atom stereocenters. The fourth-order valence-corrected chi connectivity index (χ4v) is 0.693. The van der Waals surface area contributed by atoms with Gasteiger partial charge >= 0.3 is 0 Å². The first-order valence-corrected chi connectivity index (χ1v) is 4.03. The van der Waals surface area contributed by atoms with Crippen LogP contribution in [0.25, 0.3) is 0 Å². The maximum absolute atomic E-state index is 3.66. The maximum atomic E-state index is 3.66. The topological polar surface area (TPSA) is 12.0 Å². The Labute approximate surface area is 70.4 Å². The number of halogens is 1. The van der Waals surface area contributed by atoms with Crippen LogP contribution in [0.1, 0.15) is 13.8 Å². The molecule has 0 heterocycles. The molecule has 0 atom stereocenters. The number of hydrogen-bond donors (Lipinski definition) is 1. The lowest BCUT2D eigenvalue weighted by atomic mass is 10.4. The van der Waals surface area contributed by atoms with E-state index in [-0.39, 0.29) is 0 Å². The third-order valence-corrected chi connectivity index (χ3v) is 2.23. The third kappa shape index (κ3) is 3.56. The smallest absolute Gasteiger partial charge is 0.0310 e. The number of hydrogen-bond acceptors (Lipinski definition) is 1. The molecule has 1 N–H and O–H groups in total. The molecular formula is C7H12IN. The Bertz CT molecular complexity index is 127. The van der Waals surface area contributed by atoms with E-state index in [2.05, 4.69) is 41.4 Å². The molecule has 0 saturated heterocycles. The summed E-state index contributed by atoms with van der Waals surface area (Å²) in [6.07, 6.45) is 1.85. The molecule has 0 aliphatic heterocycles. The van der Waals surface area contributed by atoms with E-state index in [1.807, 2.05) is 13.0 Å². The lowest BCUT2D eigenvalue weighted by Gasteiger charge is -2.02. The quantitative estimate of drug-likeness (QED) is 0.587. The van der Waals surface area contributed by atoms with Gasteiger partial charge < -0.3 is 5.32 Å². The van der Waals surface area contributed by atoms with Gasteiger partial charge in [-0.2, -0.15) is 0 Å². The van der Waals surface area contributed by atoms with Crippen LogP contribution in [-0.4, -0.2) is 6.54 Å². The van der Waals surface area contributed by atoms with Crippen molar-refractivity contribution in [2.45, 2.75) is 13.8 Å². The maximum Gasteiger partial charge on any atom is 0.0310 e. The summed E-state index contributed by atoms with van der Waals surface area (Å²) in [6, 6.07) is 0. The first kappa shape index (κ1) is 9.01. The van der Waals surface area contributed by atoms with Crippen molar-refractivity contribution in [1.29, 1.82) is 0 Å². The minimum atomic E-state index is 0.978. The van der Waals surface area contributed by atoms with E-state index in [1.54, 1.807) is 0 Å². The largest absolute Gasteiger partial charge is 0.388 e. The Morgan fingerprint density at radius 2 is 2.33 bits per heavy atom. The molecule has 1 nitrogen and oxygen atoms in total. The molecule has 0 aromatic heterocycles. The van der Waals surface area contributed by atoms with Gasteiger partial charge in [0, 0.05) is 15.8 Å². The molecule has 0 spiro atoms. The minimum absolute atomic E-state index is 0.978. The average Bonchev–Trinajstić information content (AvgIpc) is 1.87. The summed E-state index contributed by atoms with van der Waals surface area (Å²) in [4.78, 5) is 0. The zero-order valence-corrected chi connectivity index (χ0v) is 8.03. The van der Waals surface area contributed by atoms with Crippen LogP contribution in [0.2, 0.25) is 0 Å². The minimum Gasteiger partial charge on any atom is -0.388 e. The van der Waals surface area contributed by atoms with Gasteiger partial charge in [-0.25, -0.2) is 0 Å². The summed E-state index contributed by atoms with van der Waals surface area (Å²) < 4.78 is 1.19. The zero-order valence-electron chi connectivity index (χ0n) is 5.87. The van der Waals surface area contributed by atoms with Crippen LogP contribution in [0.5, 0.6) is 0 Å². The van der Waals surface area contributed by atoms with Gasteiger partial charge in [-0.05, 0) is 36.4 Å². The third-order valence-electron chi connectivity index (χ3n) is 0.979. The van der Waals surface area contributed by atoms with Crippen molar-refractivity contribution in [2.75, 3.05) is 6.54 Å². The predicted octanol–water partition coefficient (Wildman–Crippen LogP) is 2.45. The summed E-state index contributed by atoms with van der Waals surface area (Å²) >= 11 is 2.25. The van der Waals surface area contributed by atoms with Crippen molar-refractivity contribution in [3.63, 3.8) is 0 Å². The van der Waals surface area contributed by atoms with Crippen LogP contribution in [0.15, 0.2) is 21.9 Å². The molecule has 0 fully saturated rings. The highest BCUT2D eigenvalue weighted by molar-refractivity contribution is 14.1. The molecular weight excluding hydrogens is 225 g/mol. The molecule has 0 aliphatic rings. The van der Waals surface area contributed by atoms with Crippen LogP contribution >= 0.6 is 22.6 Å². The molecule has 0 rings (SSSR count). The van der Waals surface area contributed by atoms with E-state index in [0.29, 0.717) is 0 Å². The monoisotopic (exact) mass is 237 g/mol. The van der Waals surface area contributed by atoms with Gasteiger partial charge in [0.25, 0.3) is 0 Å². The van der Waals surface area contributed by atoms with E-state index >= 15 is 0 Å². The van der Waals surface area contributed by atoms with Gasteiger partial charge in [-0.15, -0.1) is 0 Å². The SMILES string of the molecule is C=C/C(I)=C(\C)NCC. The molecule has 52 valence electrons. The second-order valence-electron chi connectivity index (χ2n) is 1.71. The predicted molar refractivity (Wildman–Crippen MR) is 50.6 cm³/mol. The molecule has 0 aliphatic carbocycles. The Balaban J connectivity index is 3.93. The Morgan fingerprint density at radius 1 is 1.78 bits per heavy atom. The van der Waals surface area contributed by atoms with E-state index < -0.39 is 0 Å². The highest BCUT2D eigenvalue weighted by atomic mass is 127. The van der Waals surface area contributed by atoms with E-state index in [1.165, 1.54) is 9.28 Å².